The van der Waals surface area contributed by atoms with Crippen LogP contribution in [0, 0.1) is 0 Å². The number of benzene rings is 2. The zero-order valence-corrected chi connectivity index (χ0v) is 14.9. The lowest BCUT2D eigenvalue weighted by atomic mass is 10.0. The number of rotatable bonds is 4. The summed E-state index contributed by atoms with van der Waals surface area (Å²) in [6.45, 7) is 3.96. The van der Waals surface area contributed by atoms with E-state index in [1.165, 1.54) is 6.07 Å². The van der Waals surface area contributed by atoms with Gasteiger partial charge in [-0.2, -0.15) is 0 Å². The number of fused-ring (bicyclic) bond motifs is 1. The molecule has 0 saturated heterocycles. The number of phenols is 1. The highest BCUT2D eigenvalue weighted by atomic mass is 16.5. The average Bonchev–Trinajstić information content (AvgIpc) is 2.63. The van der Waals surface area contributed by atoms with Crippen LogP contribution < -0.4 is 10.2 Å². The number of hydrogen-bond acceptors (Lipinski definition) is 5. The second-order valence-electron chi connectivity index (χ2n) is 6.27. The van der Waals surface area contributed by atoms with Gasteiger partial charge < -0.3 is 19.4 Å². The zero-order valence-electron chi connectivity index (χ0n) is 14.9. The number of hydrogen-bond donors (Lipinski definition) is 2. The van der Waals surface area contributed by atoms with E-state index < -0.39 is 11.2 Å². The van der Waals surface area contributed by atoms with Gasteiger partial charge in [0.25, 0.3) is 0 Å². The van der Waals surface area contributed by atoms with Gasteiger partial charge in [-0.25, -0.2) is 0 Å². The van der Waals surface area contributed by atoms with Gasteiger partial charge in [-0.3, -0.25) is 4.79 Å². The lowest BCUT2D eigenvalue weighted by Gasteiger charge is -2.10. The molecule has 0 fully saturated rings. The molecule has 0 aliphatic heterocycles. The Kier molecular flexibility index (Phi) is 4.71. The summed E-state index contributed by atoms with van der Waals surface area (Å²) in [4.78, 5) is 12.6. The van der Waals surface area contributed by atoms with E-state index in [9.17, 15) is 15.0 Å². The summed E-state index contributed by atoms with van der Waals surface area (Å²) in [5.41, 5.74) is 2.04. The number of phenolic OH excluding ortho intramolecular Hbond substituents is 1. The third-order valence-electron chi connectivity index (χ3n) is 4.16. The van der Waals surface area contributed by atoms with Crippen LogP contribution in [-0.4, -0.2) is 17.3 Å². The molecule has 0 aliphatic carbocycles. The summed E-state index contributed by atoms with van der Waals surface area (Å²) in [6.07, 6.45) is 2.56. The first kappa shape index (κ1) is 17.6. The van der Waals surface area contributed by atoms with E-state index in [-0.39, 0.29) is 22.5 Å². The van der Waals surface area contributed by atoms with Gasteiger partial charge in [0.15, 0.2) is 5.76 Å². The van der Waals surface area contributed by atoms with E-state index in [4.69, 9.17) is 9.15 Å². The van der Waals surface area contributed by atoms with Crippen LogP contribution >= 0.6 is 0 Å². The fraction of sp³-hybridized carbons (Fsp3) is 0.190. The summed E-state index contributed by atoms with van der Waals surface area (Å²) in [6, 6.07) is 9.98. The number of aromatic hydroxyl groups is 2. The van der Waals surface area contributed by atoms with Gasteiger partial charge in [0.05, 0.1) is 7.11 Å². The molecular weight excluding hydrogens is 332 g/mol. The minimum atomic E-state index is -0.659. The first-order chi connectivity index (χ1) is 12.4. The van der Waals surface area contributed by atoms with Crippen LogP contribution in [-0.2, 0) is 6.42 Å². The van der Waals surface area contributed by atoms with Crippen LogP contribution in [0.15, 0.2) is 57.3 Å². The molecule has 0 bridgehead atoms. The molecule has 0 amide bonds. The van der Waals surface area contributed by atoms with Gasteiger partial charge in [-0.05, 0) is 56.2 Å². The van der Waals surface area contributed by atoms with Crippen molar-refractivity contribution in [2.24, 2.45) is 0 Å². The van der Waals surface area contributed by atoms with Crippen LogP contribution in [0.1, 0.15) is 19.4 Å². The SMILES string of the molecule is COc1ccc(-c2oc3c(CC=C(C)C)ccc(O)c3c(=O)c2O)cc1. The van der Waals surface area contributed by atoms with E-state index in [0.717, 1.165) is 11.1 Å². The summed E-state index contributed by atoms with van der Waals surface area (Å²) in [5.74, 6) is -0.0314. The maximum atomic E-state index is 12.6. The molecule has 1 heterocycles. The molecule has 2 aromatic carbocycles. The van der Waals surface area contributed by atoms with E-state index in [1.54, 1.807) is 37.4 Å². The summed E-state index contributed by atoms with van der Waals surface area (Å²) in [5, 5.41) is 20.4. The first-order valence-corrected chi connectivity index (χ1v) is 8.20. The van der Waals surface area contributed by atoms with Gasteiger partial charge in [0, 0.05) is 5.56 Å². The highest BCUT2D eigenvalue weighted by Gasteiger charge is 2.19. The van der Waals surface area contributed by atoms with Crippen molar-refractivity contribution in [3.05, 3.63) is 63.8 Å². The third kappa shape index (κ3) is 3.16. The lowest BCUT2D eigenvalue weighted by molar-refractivity contribution is 0.414. The highest BCUT2D eigenvalue weighted by molar-refractivity contribution is 5.89. The van der Waals surface area contributed by atoms with Crippen molar-refractivity contribution < 1.29 is 19.4 Å². The van der Waals surface area contributed by atoms with Crippen molar-refractivity contribution in [3.63, 3.8) is 0 Å². The van der Waals surface area contributed by atoms with Crippen LogP contribution in [0.3, 0.4) is 0 Å². The molecule has 1 aromatic heterocycles. The Balaban J connectivity index is 2.27. The molecule has 0 radical (unpaired) electrons. The number of allylic oxidation sites excluding steroid dienone is 2. The Labute approximate surface area is 150 Å². The molecule has 2 N–H and O–H groups in total. The normalized spacial score (nSPS) is 10.7. The second kappa shape index (κ2) is 6.96. The van der Waals surface area contributed by atoms with Crippen LogP contribution in [0.5, 0.6) is 17.2 Å². The molecule has 0 spiro atoms. The largest absolute Gasteiger partial charge is 0.507 e. The van der Waals surface area contributed by atoms with Gasteiger partial charge in [-0.15, -0.1) is 0 Å². The maximum Gasteiger partial charge on any atom is 0.238 e. The zero-order chi connectivity index (χ0) is 18.8. The fourth-order valence-electron chi connectivity index (χ4n) is 2.74. The molecule has 0 aliphatic rings. The topological polar surface area (TPSA) is 79.9 Å². The van der Waals surface area contributed by atoms with E-state index in [1.807, 2.05) is 19.9 Å². The predicted molar refractivity (Wildman–Crippen MR) is 101 cm³/mol. The van der Waals surface area contributed by atoms with Crippen LogP contribution in [0.25, 0.3) is 22.3 Å². The lowest BCUT2D eigenvalue weighted by Crippen LogP contribution is -2.04. The average molecular weight is 352 g/mol. The Morgan fingerprint density at radius 1 is 1.12 bits per heavy atom. The molecule has 5 heteroatoms. The quantitative estimate of drug-likeness (QED) is 0.681. The molecule has 3 rings (SSSR count). The van der Waals surface area contributed by atoms with Gasteiger partial charge in [0.2, 0.25) is 11.2 Å². The van der Waals surface area contributed by atoms with E-state index in [2.05, 4.69) is 0 Å². The monoisotopic (exact) mass is 352 g/mol. The Hall–Kier alpha value is -3.21. The van der Waals surface area contributed by atoms with E-state index in [0.29, 0.717) is 17.7 Å². The van der Waals surface area contributed by atoms with Crippen LogP contribution in [0.2, 0.25) is 0 Å². The van der Waals surface area contributed by atoms with Crippen molar-refractivity contribution in [1.82, 2.24) is 0 Å². The maximum absolute atomic E-state index is 12.6. The summed E-state index contributed by atoms with van der Waals surface area (Å²) >= 11 is 0. The predicted octanol–water partition coefficient (Wildman–Crippen LogP) is 4.39. The second-order valence-corrected chi connectivity index (χ2v) is 6.27. The molecule has 134 valence electrons. The minimum absolute atomic E-state index is 0.0144. The summed E-state index contributed by atoms with van der Waals surface area (Å²) < 4.78 is 11.0. The molecule has 3 aromatic rings. The highest BCUT2D eigenvalue weighted by Crippen LogP contribution is 2.35. The number of methoxy groups -OCH3 is 1. The van der Waals surface area contributed by atoms with Crippen molar-refractivity contribution >= 4 is 11.0 Å². The van der Waals surface area contributed by atoms with Crippen molar-refractivity contribution in [3.8, 4) is 28.6 Å². The van der Waals surface area contributed by atoms with Crippen molar-refractivity contribution in [1.29, 1.82) is 0 Å². The number of ether oxygens (including phenoxy) is 1. The standard InChI is InChI=1S/C21H20O5/c1-12(2)4-5-13-8-11-16(22)17-18(23)19(24)21(26-20(13)17)14-6-9-15(25-3)10-7-14/h4,6-11,22,24H,5H2,1-3H3. The van der Waals surface area contributed by atoms with Gasteiger partial charge in [-0.1, -0.05) is 17.7 Å². The van der Waals surface area contributed by atoms with Gasteiger partial charge in [0.1, 0.15) is 22.5 Å². The Morgan fingerprint density at radius 2 is 1.81 bits per heavy atom. The van der Waals surface area contributed by atoms with Crippen LogP contribution in [0.4, 0.5) is 0 Å². The summed E-state index contributed by atoms with van der Waals surface area (Å²) in [7, 11) is 1.56. The smallest absolute Gasteiger partial charge is 0.238 e. The Bertz CT molecular complexity index is 1040. The molecular formula is C21H20O5. The third-order valence-corrected chi connectivity index (χ3v) is 4.16. The first-order valence-electron chi connectivity index (χ1n) is 8.20. The fourth-order valence-corrected chi connectivity index (χ4v) is 2.74. The molecule has 26 heavy (non-hydrogen) atoms. The molecule has 0 atom stereocenters. The molecule has 5 nitrogen and oxygen atoms in total. The Morgan fingerprint density at radius 3 is 2.42 bits per heavy atom. The van der Waals surface area contributed by atoms with Crippen molar-refractivity contribution in [2.45, 2.75) is 20.3 Å². The molecule has 0 unspecified atom stereocenters. The molecule has 0 saturated carbocycles. The van der Waals surface area contributed by atoms with E-state index >= 15 is 0 Å². The van der Waals surface area contributed by atoms with Crippen molar-refractivity contribution in [2.75, 3.05) is 7.11 Å². The minimum Gasteiger partial charge on any atom is -0.507 e. The van der Waals surface area contributed by atoms with Gasteiger partial charge >= 0.3 is 0 Å².